The number of para-hydroxylation sites is 1. The monoisotopic (exact) mass is 729 g/mol. The molecule has 5 aromatic rings. The molecule has 4 heterocycles. The van der Waals surface area contributed by atoms with Crippen molar-refractivity contribution >= 4 is 50.0 Å². The number of aromatic nitrogens is 2. The number of likely N-dealkylation sites (tertiary alicyclic amines) is 1. The van der Waals surface area contributed by atoms with Crippen LogP contribution in [-0.4, -0.2) is 64.6 Å². The minimum atomic E-state index is -0.186. The number of hydrogen-bond acceptors (Lipinski definition) is 9. The summed E-state index contributed by atoms with van der Waals surface area (Å²) < 4.78 is 7.53. The lowest BCUT2D eigenvalue weighted by atomic mass is 9.91. The summed E-state index contributed by atoms with van der Waals surface area (Å²) in [4.78, 5) is 52.2. The number of ether oxygens (including phenoxy) is 1. The van der Waals surface area contributed by atoms with E-state index in [0.717, 1.165) is 95.5 Å². The quantitative estimate of drug-likeness (QED) is 0.128. The Bertz CT molecular complexity index is 2120. The molecule has 0 spiro atoms. The highest BCUT2D eigenvalue weighted by atomic mass is 32.1. The van der Waals surface area contributed by atoms with Gasteiger partial charge in [-0.05, 0) is 131 Å². The van der Waals surface area contributed by atoms with Gasteiger partial charge in [-0.3, -0.25) is 24.6 Å². The van der Waals surface area contributed by atoms with Crippen LogP contribution < -0.4 is 15.0 Å². The van der Waals surface area contributed by atoms with E-state index in [1.165, 1.54) is 11.3 Å². The largest absolute Gasteiger partial charge is 0.490 e. The Morgan fingerprint density at radius 1 is 0.925 bits per heavy atom. The van der Waals surface area contributed by atoms with Crippen molar-refractivity contribution in [3.8, 4) is 16.9 Å². The van der Waals surface area contributed by atoms with Crippen LogP contribution >= 0.6 is 11.3 Å². The van der Waals surface area contributed by atoms with Crippen molar-refractivity contribution in [1.82, 2.24) is 14.9 Å². The van der Waals surface area contributed by atoms with E-state index in [1.54, 1.807) is 13.8 Å². The molecule has 0 aliphatic carbocycles. The summed E-state index contributed by atoms with van der Waals surface area (Å²) >= 11 is 1.46. The standard InChI is InChI=1S/C43H47N5O4S/c1-27(49)25-47-22-19-31(20-23-47)16-15-28(2)52-38-13-8-10-33(29(38)3)34-17-18-40(45-41(34)30(4)50)48-24-21-32-9-7-11-35(36(32)26-48)42(51)46-43-44-37-12-5-6-14-39(37)53-43/h5-14,17-18,28,31H,15-16,19-26H2,1-4H3,(H,44,46,51). The topological polar surface area (TPSA) is 105 Å². The lowest BCUT2D eigenvalue weighted by Crippen LogP contribution is -2.36. The number of amides is 1. The molecule has 1 atom stereocenters. The van der Waals surface area contributed by atoms with Crippen LogP contribution in [-0.2, 0) is 17.8 Å². The van der Waals surface area contributed by atoms with Gasteiger partial charge in [0, 0.05) is 31.1 Å². The van der Waals surface area contributed by atoms with Crippen LogP contribution in [0.15, 0.2) is 72.8 Å². The Labute approximate surface area is 315 Å². The minimum absolute atomic E-state index is 0.0436. The summed E-state index contributed by atoms with van der Waals surface area (Å²) in [7, 11) is 0. The van der Waals surface area contributed by atoms with Crippen molar-refractivity contribution in [2.75, 3.05) is 36.4 Å². The molecule has 0 saturated carbocycles. The van der Waals surface area contributed by atoms with Gasteiger partial charge in [-0.2, -0.15) is 0 Å². The second-order valence-corrected chi connectivity index (χ2v) is 15.6. The number of benzene rings is 3. The smallest absolute Gasteiger partial charge is 0.257 e. The molecule has 3 aromatic carbocycles. The highest BCUT2D eigenvalue weighted by molar-refractivity contribution is 7.22. The van der Waals surface area contributed by atoms with Crippen molar-refractivity contribution in [2.45, 2.75) is 72.4 Å². The molecular formula is C43H47N5O4S. The molecule has 1 fully saturated rings. The van der Waals surface area contributed by atoms with E-state index in [0.29, 0.717) is 41.2 Å². The molecule has 9 nitrogen and oxygen atoms in total. The molecule has 1 unspecified atom stereocenters. The molecule has 1 saturated heterocycles. The average Bonchev–Trinajstić information content (AvgIpc) is 3.57. The second-order valence-electron chi connectivity index (χ2n) is 14.5. The number of carbonyl (C=O) groups excluding carboxylic acids is 3. The number of anilines is 2. The number of fused-ring (bicyclic) bond motifs is 2. The maximum absolute atomic E-state index is 13.6. The summed E-state index contributed by atoms with van der Waals surface area (Å²) in [6.07, 6.45) is 5.10. The minimum Gasteiger partial charge on any atom is -0.490 e. The Morgan fingerprint density at radius 2 is 1.72 bits per heavy atom. The number of hydrogen-bond donors (Lipinski definition) is 1. The van der Waals surface area contributed by atoms with Crippen LogP contribution in [0.5, 0.6) is 5.75 Å². The van der Waals surface area contributed by atoms with Crippen molar-refractivity contribution in [2.24, 2.45) is 5.92 Å². The van der Waals surface area contributed by atoms with Crippen LogP contribution in [0, 0.1) is 12.8 Å². The van der Waals surface area contributed by atoms with E-state index in [1.807, 2.05) is 73.7 Å². The first-order chi connectivity index (χ1) is 25.6. The second kappa shape index (κ2) is 16.0. The lowest BCUT2D eigenvalue weighted by Gasteiger charge is -2.31. The Balaban J connectivity index is 1.04. The van der Waals surface area contributed by atoms with Gasteiger partial charge in [0.15, 0.2) is 10.9 Å². The van der Waals surface area contributed by atoms with Gasteiger partial charge in [0.05, 0.1) is 22.9 Å². The third-order valence-corrected chi connectivity index (χ3v) is 11.6. The average molecular weight is 730 g/mol. The van der Waals surface area contributed by atoms with Crippen LogP contribution in [0.4, 0.5) is 10.9 Å². The van der Waals surface area contributed by atoms with Crippen molar-refractivity contribution in [3.63, 3.8) is 0 Å². The maximum Gasteiger partial charge on any atom is 0.257 e. The van der Waals surface area contributed by atoms with Gasteiger partial charge in [-0.25, -0.2) is 9.97 Å². The molecule has 2 aliphatic heterocycles. The number of nitrogens with one attached hydrogen (secondary N) is 1. The van der Waals surface area contributed by atoms with E-state index in [9.17, 15) is 14.4 Å². The van der Waals surface area contributed by atoms with Gasteiger partial charge in [-0.15, -0.1) is 0 Å². The van der Waals surface area contributed by atoms with Gasteiger partial charge in [0.1, 0.15) is 23.0 Å². The number of Topliss-reactive ketones (excluding diaryl/α,β-unsaturated/α-hetero) is 2. The number of ketones is 2. The third-order valence-electron chi connectivity index (χ3n) is 10.6. The zero-order valence-corrected chi connectivity index (χ0v) is 31.8. The summed E-state index contributed by atoms with van der Waals surface area (Å²) in [5.74, 6) is 2.11. The number of nitrogens with zero attached hydrogens (tertiary/aromatic N) is 4. The van der Waals surface area contributed by atoms with Crippen LogP contribution in [0.2, 0.25) is 0 Å². The zero-order chi connectivity index (χ0) is 37.1. The first-order valence-corrected chi connectivity index (χ1v) is 19.5. The Morgan fingerprint density at radius 3 is 2.49 bits per heavy atom. The SMILES string of the molecule is CC(=O)CN1CCC(CCC(C)Oc2cccc(-c3ccc(N4CCc5cccc(C(=O)Nc6nc7ccccc7s6)c5C4)nc3C(C)=O)c2C)CC1. The predicted molar refractivity (Wildman–Crippen MR) is 212 cm³/mol. The van der Waals surface area contributed by atoms with Crippen molar-refractivity contribution in [3.05, 3.63) is 101 Å². The maximum atomic E-state index is 13.6. The molecule has 1 amide bonds. The van der Waals surface area contributed by atoms with Gasteiger partial charge in [0.2, 0.25) is 0 Å². The normalized spacial score (nSPS) is 15.6. The molecule has 10 heteroatoms. The fraction of sp³-hybridized carbons (Fsp3) is 0.372. The van der Waals surface area contributed by atoms with Crippen LogP contribution in [0.1, 0.15) is 84.0 Å². The van der Waals surface area contributed by atoms with Gasteiger partial charge in [-0.1, -0.05) is 47.7 Å². The number of rotatable bonds is 12. The molecule has 53 heavy (non-hydrogen) atoms. The number of piperidine rings is 1. The highest BCUT2D eigenvalue weighted by Crippen LogP contribution is 2.35. The van der Waals surface area contributed by atoms with Gasteiger partial charge >= 0.3 is 0 Å². The number of carbonyl (C=O) groups is 3. The molecule has 2 aliphatic rings. The molecule has 0 radical (unpaired) electrons. The first-order valence-electron chi connectivity index (χ1n) is 18.7. The number of pyridine rings is 1. The number of thiazole rings is 1. The van der Waals surface area contributed by atoms with Gasteiger partial charge in [0.25, 0.3) is 5.91 Å². The summed E-state index contributed by atoms with van der Waals surface area (Å²) in [5, 5.41) is 3.59. The molecule has 0 bridgehead atoms. The van der Waals surface area contributed by atoms with E-state index >= 15 is 0 Å². The fourth-order valence-electron chi connectivity index (χ4n) is 7.72. The van der Waals surface area contributed by atoms with E-state index in [4.69, 9.17) is 9.72 Å². The zero-order valence-electron chi connectivity index (χ0n) is 31.0. The molecule has 274 valence electrons. The lowest BCUT2D eigenvalue weighted by molar-refractivity contribution is -0.118. The molecule has 7 rings (SSSR count). The molecule has 1 N–H and O–H groups in total. The summed E-state index contributed by atoms with van der Waals surface area (Å²) in [6, 6.07) is 23.7. The summed E-state index contributed by atoms with van der Waals surface area (Å²) in [6.45, 7) is 11.2. The van der Waals surface area contributed by atoms with E-state index < -0.39 is 0 Å². The summed E-state index contributed by atoms with van der Waals surface area (Å²) in [5.41, 5.74) is 6.67. The molecular weight excluding hydrogens is 683 g/mol. The third kappa shape index (κ3) is 8.34. The van der Waals surface area contributed by atoms with Crippen molar-refractivity contribution < 1.29 is 19.1 Å². The molecule has 2 aromatic heterocycles. The fourth-order valence-corrected chi connectivity index (χ4v) is 8.58. The van der Waals surface area contributed by atoms with Crippen LogP contribution in [0.25, 0.3) is 21.3 Å². The van der Waals surface area contributed by atoms with E-state index in [2.05, 4.69) is 33.1 Å². The van der Waals surface area contributed by atoms with Crippen molar-refractivity contribution in [1.29, 1.82) is 0 Å². The van der Waals surface area contributed by atoms with Gasteiger partial charge < -0.3 is 9.64 Å². The van der Waals surface area contributed by atoms with Crippen LogP contribution in [0.3, 0.4) is 0 Å². The Kier molecular flexibility index (Phi) is 11.0. The predicted octanol–water partition coefficient (Wildman–Crippen LogP) is 8.53. The highest BCUT2D eigenvalue weighted by Gasteiger charge is 2.26. The van der Waals surface area contributed by atoms with E-state index in [-0.39, 0.29) is 23.6 Å². The Hall–Kier alpha value is -4.93. The first kappa shape index (κ1) is 36.4.